The molecule has 0 N–H and O–H groups in total. The molecule has 0 amide bonds. The van der Waals surface area contributed by atoms with Crippen molar-refractivity contribution < 1.29 is 0 Å². The summed E-state index contributed by atoms with van der Waals surface area (Å²) in [5, 5.41) is 0. The molecule has 266 valence electrons. The van der Waals surface area contributed by atoms with Gasteiger partial charge in [0.25, 0.3) is 0 Å². The lowest BCUT2D eigenvalue weighted by atomic mass is 9.96. The third-order valence-electron chi connectivity index (χ3n) is 10.8. The molecule has 5 heteroatoms. The molecule has 2 rings (SSSR count). The Kier molecular flexibility index (Phi) is 21.4. The van der Waals surface area contributed by atoms with Crippen molar-refractivity contribution in [3.8, 4) is 0 Å². The van der Waals surface area contributed by atoms with Gasteiger partial charge >= 0.3 is 0 Å². The molecule has 0 aliphatic heterocycles. The van der Waals surface area contributed by atoms with Crippen molar-refractivity contribution in [2.24, 2.45) is 23.7 Å². The Morgan fingerprint density at radius 2 is 0.783 bits per heavy atom. The zero-order chi connectivity index (χ0) is 33.7. The highest BCUT2D eigenvalue weighted by molar-refractivity contribution is 7.71. The molecule has 4 nitrogen and oxygen atoms in total. The number of imidazole rings is 1. The SMILES string of the molecule is CCCCC(CC)CN(CC(CC)CCCC)Cn1c(=S)n(CN(CC(CC)CCCC)CC(CC)CCCC)c2ccccc21. The van der Waals surface area contributed by atoms with E-state index < -0.39 is 0 Å². The van der Waals surface area contributed by atoms with E-state index in [1.165, 1.54) is 140 Å². The first-order chi connectivity index (χ1) is 22.4. The minimum absolute atomic E-state index is 0.754. The number of rotatable bonds is 28. The Labute approximate surface area is 291 Å². The number of hydrogen-bond acceptors (Lipinski definition) is 3. The van der Waals surface area contributed by atoms with Crippen LogP contribution in [0.1, 0.15) is 158 Å². The largest absolute Gasteiger partial charge is 0.303 e. The lowest BCUT2D eigenvalue weighted by molar-refractivity contribution is 0.138. The molecule has 0 aliphatic rings. The van der Waals surface area contributed by atoms with Crippen LogP contribution in [0.5, 0.6) is 0 Å². The molecule has 46 heavy (non-hydrogen) atoms. The predicted octanol–water partition coefficient (Wildman–Crippen LogP) is 12.6. The first kappa shape index (κ1) is 41.0. The second kappa shape index (κ2) is 24.0. The van der Waals surface area contributed by atoms with Gasteiger partial charge in [-0.1, -0.05) is 145 Å². The Bertz CT molecular complexity index is 972. The fourth-order valence-corrected chi connectivity index (χ4v) is 7.77. The number of hydrogen-bond donors (Lipinski definition) is 0. The summed E-state index contributed by atoms with van der Waals surface area (Å²) < 4.78 is 5.98. The number of para-hydroxylation sites is 2. The van der Waals surface area contributed by atoms with Gasteiger partial charge in [0.05, 0.1) is 24.4 Å². The van der Waals surface area contributed by atoms with Crippen LogP contribution in [0.4, 0.5) is 0 Å². The van der Waals surface area contributed by atoms with Crippen molar-refractivity contribution in [3.63, 3.8) is 0 Å². The van der Waals surface area contributed by atoms with E-state index in [2.05, 4.69) is 98.6 Å². The fraction of sp³-hybridized carbons (Fsp3) is 0.829. The first-order valence-corrected chi connectivity index (χ1v) is 20.4. The fourth-order valence-electron chi connectivity index (χ4n) is 7.46. The summed E-state index contributed by atoms with van der Waals surface area (Å²) >= 11 is 6.45. The van der Waals surface area contributed by atoms with E-state index in [1.807, 2.05) is 0 Å². The van der Waals surface area contributed by atoms with E-state index >= 15 is 0 Å². The van der Waals surface area contributed by atoms with Gasteiger partial charge in [-0.2, -0.15) is 0 Å². The molecule has 0 bridgehead atoms. The molecule has 0 radical (unpaired) electrons. The van der Waals surface area contributed by atoms with Crippen LogP contribution in [0.2, 0.25) is 0 Å². The molecule has 2 aromatic rings. The second-order valence-corrected chi connectivity index (χ2v) is 15.0. The Morgan fingerprint density at radius 3 is 1.02 bits per heavy atom. The molecule has 1 aromatic heterocycles. The number of fused-ring (bicyclic) bond motifs is 1. The van der Waals surface area contributed by atoms with Crippen molar-refractivity contribution >= 4 is 23.3 Å². The Balaban J connectivity index is 2.49. The second-order valence-electron chi connectivity index (χ2n) is 14.6. The van der Waals surface area contributed by atoms with Crippen LogP contribution < -0.4 is 0 Å². The van der Waals surface area contributed by atoms with Gasteiger partial charge in [-0.3, -0.25) is 9.80 Å². The third kappa shape index (κ3) is 13.7. The number of aromatic nitrogens is 2. The highest BCUT2D eigenvalue weighted by atomic mass is 32.1. The highest BCUT2D eigenvalue weighted by Crippen LogP contribution is 2.25. The number of nitrogens with zero attached hydrogens (tertiary/aromatic N) is 4. The van der Waals surface area contributed by atoms with Gasteiger partial charge in [0, 0.05) is 26.2 Å². The van der Waals surface area contributed by atoms with E-state index in [-0.39, 0.29) is 0 Å². The lowest BCUT2D eigenvalue weighted by Gasteiger charge is -2.31. The smallest absolute Gasteiger partial charge is 0.183 e. The normalized spacial score (nSPS) is 14.8. The summed E-state index contributed by atoms with van der Waals surface area (Å²) in [5.74, 6) is 3.02. The zero-order valence-electron chi connectivity index (χ0n) is 31.9. The van der Waals surface area contributed by atoms with Crippen molar-refractivity contribution in [1.82, 2.24) is 18.9 Å². The number of benzene rings is 1. The summed E-state index contributed by atoms with van der Waals surface area (Å²) in [5.41, 5.74) is 2.61. The molecule has 1 heterocycles. The molecule has 4 atom stereocenters. The van der Waals surface area contributed by atoms with E-state index in [9.17, 15) is 0 Å². The molecule has 0 spiro atoms. The van der Waals surface area contributed by atoms with E-state index in [1.54, 1.807) is 0 Å². The van der Waals surface area contributed by atoms with Crippen LogP contribution in [0.15, 0.2) is 24.3 Å². The summed E-state index contributed by atoms with van der Waals surface area (Å²) in [7, 11) is 0. The predicted molar refractivity (Wildman–Crippen MR) is 207 cm³/mol. The maximum atomic E-state index is 6.45. The molecule has 0 saturated carbocycles. The van der Waals surface area contributed by atoms with Crippen molar-refractivity contribution in [1.29, 1.82) is 0 Å². The molecule has 0 saturated heterocycles. The summed E-state index contributed by atoms with van der Waals surface area (Å²) in [6.45, 7) is 25.4. The topological polar surface area (TPSA) is 16.3 Å². The molecule has 4 unspecified atom stereocenters. The minimum Gasteiger partial charge on any atom is -0.303 e. The summed E-state index contributed by atoms with van der Waals surface area (Å²) in [6, 6.07) is 9.06. The van der Waals surface area contributed by atoms with Crippen molar-refractivity contribution in [2.75, 3.05) is 26.2 Å². The van der Waals surface area contributed by atoms with Gasteiger partial charge < -0.3 is 9.13 Å². The average Bonchev–Trinajstić information content (AvgIpc) is 3.33. The van der Waals surface area contributed by atoms with Gasteiger partial charge in [0.1, 0.15) is 0 Å². The monoisotopic (exact) mass is 657 g/mol. The van der Waals surface area contributed by atoms with Crippen LogP contribution in [0.3, 0.4) is 0 Å². The van der Waals surface area contributed by atoms with Gasteiger partial charge in [-0.25, -0.2) is 0 Å². The van der Waals surface area contributed by atoms with E-state index in [0.29, 0.717) is 0 Å². The van der Waals surface area contributed by atoms with E-state index in [0.717, 1.165) is 41.8 Å². The molecule has 1 aromatic carbocycles. The van der Waals surface area contributed by atoms with Gasteiger partial charge in [-0.05, 0) is 73.7 Å². The Hall–Kier alpha value is -1.17. The highest BCUT2D eigenvalue weighted by Gasteiger charge is 2.22. The minimum atomic E-state index is 0.754. The van der Waals surface area contributed by atoms with E-state index in [4.69, 9.17) is 12.2 Å². The van der Waals surface area contributed by atoms with Gasteiger partial charge in [-0.15, -0.1) is 0 Å². The maximum absolute atomic E-state index is 6.45. The molecule has 0 aliphatic carbocycles. The van der Waals surface area contributed by atoms with Crippen molar-refractivity contribution in [2.45, 2.75) is 171 Å². The molecule has 0 fully saturated rings. The Morgan fingerprint density at radius 1 is 0.500 bits per heavy atom. The quantitative estimate of drug-likeness (QED) is 0.0848. The van der Waals surface area contributed by atoms with Gasteiger partial charge in [0.2, 0.25) is 0 Å². The molecular weight excluding hydrogens is 581 g/mol. The summed E-state index contributed by atoms with van der Waals surface area (Å²) in [6.07, 6.45) is 20.9. The average molecular weight is 657 g/mol. The lowest BCUT2D eigenvalue weighted by Crippen LogP contribution is -2.36. The molecular formula is C41H76N4S. The van der Waals surface area contributed by atoms with Crippen LogP contribution in [-0.2, 0) is 13.3 Å². The first-order valence-electron chi connectivity index (χ1n) is 20.0. The van der Waals surface area contributed by atoms with Crippen LogP contribution in [0.25, 0.3) is 11.0 Å². The van der Waals surface area contributed by atoms with Crippen LogP contribution in [-0.4, -0.2) is 45.1 Å². The zero-order valence-corrected chi connectivity index (χ0v) is 32.7. The number of unbranched alkanes of at least 4 members (excludes halogenated alkanes) is 4. The maximum Gasteiger partial charge on any atom is 0.183 e. The third-order valence-corrected chi connectivity index (χ3v) is 11.3. The van der Waals surface area contributed by atoms with Crippen molar-refractivity contribution in [3.05, 3.63) is 29.0 Å². The van der Waals surface area contributed by atoms with Gasteiger partial charge in [0.15, 0.2) is 4.77 Å². The summed E-state index contributed by atoms with van der Waals surface area (Å²) in [4.78, 5) is 5.57. The van der Waals surface area contributed by atoms with Crippen LogP contribution >= 0.6 is 12.2 Å². The standard InChI is InChI=1S/C41H76N4S/c1-9-17-23-35(13-5)29-42(30-36(14-6)24-18-10-2)33-44-39-27-21-22-28-40(39)45(41(44)46)34-43(31-37(15-7)25-19-11-3)32-38(16-8)26-20-12-4/h21-22,27-28,35-38H,9-20,23-26,29-34H2,1-8H3. The van der Waals surface area contributed by atoms with Crippen LogP contribution in [0, 0.1) is 28.4 Å².